The zero-order valence-corrected chi connectivity index (χ0v) is 11.7. The molecule has 0 saturated heterocycles. The van der Waals surface area contributed by atoms with Crippen LogP contribution in [0, 0.1) is 0 Å². The van der Waals surface area contributed by atoms with E-state index < -0.39 is 0 Å². The summed E-state index contributed by atoms with van der Waals surface area (Å²) in [5.41, 5.74) is 2.35. The van der Waals surface area contributed by atoms with Gasteiger partial charge in [0.25, 0.3) is 0 Å². The van der Waals surface area contributed by atoms with Crippen LogP contribution in [0.25, 0.3) is 0 Å². The summed E-state index contributed by atoms with van der Waals surface area (Å²) in [7, 11) is 3.30. The highest BCUT2D eigenvalue weighted by molar-refractivity contribution is 5.43. The Morgan fingerprint density at radius 1 is 1.28 bits per heavy atom. The summed E-state index contributed by atoms with van der Waals surface area (Å²) in [6.07, 6.45) is 0.906. The van der Waals surface area contributed by atoms with Gasteiger partial charge in [-0.15, -0.1) is 0 Å². The van der Waals surface area contributed by atoms with E-state index in [0.29, 0.717) is 6.04 Å². The maximum absolute atomic E-state index is 5.31. The summed E-state index contributed by atoms with van der Waals surface area (Å²) >= 11 is 0. The van der Waals surface area contributed by atoms with E-state index in [-0.39, 0.29) is 0 Å². The van der Waals surface area contributed by atoms with Crippen LogP contribution in [0.2, 0.25) is 0 Å². The van der Waals surface area contributed by atoms with E-state index >= 15 is 0 Å². The van der Waals surface area contributed by atoms with Crippen molar-refractivity contribution in [1.29, 1.82) is 0 Å². The van der Waals surface area contributed by atoms with E-state index in [1.165, 1.54) is 5.56 Å². The molecule has 0 bridgehead atoms. The molecule has 0 saturated carbocycles. The number of hydrogen-bond donors (Lipinski definition) is 1. The summed E-state index contributed by atoms with van der Waals surface area (Å²) in [5.74, 6) is 1.53. The highest BCUT2D eigenvalue weighted by Gasteiger charge is 2.11. The quantitative estimate of drug-likeness (QED) is 0.754. The topological polar surface area (TPSA) is 30.5 Å². The Morgan fingerprint density at radius 2 is 1.94 bits per heavy atom. The van der Waals surface area contributed by atoms with E-state index in [1.54, 1.807) is 14.2 Å². The normalized spacial score (nSPS) is 12.0. The monoisotopic (exact) mass is 249 g/mol. The molecule has 1 N–H and O–H groups in total. The summed E-state index contributed by atoms with van der Waals surface area (Å²) in [5, 5.41) is 3.43. The molecule has 1 atom stereocenters. The lowest BCUT2D eigenvalue weighted by Gasteiger charge is -2.18. The van der Waals surface area contributed by atoms with E-state index in [9.17, 15) is 0 Å². The number of methoxy groups -OCH3 is 2. The van der Waals surface area contributed by atoms with Crippen LogP contribution in [0.3, 0.4) is 0 Å². The van der Waals surface area contributed by atoms with Gasteiger partial charge in [0.05, 0.1) is 14.2 Å². The molecule has 0 radical (unpaired) electrons. The van der Waals surface area contributed by atoms with E-state index in [0.717, 1.165) is 30.0 Å². The lowest BCUT2D eigenvalue weighted by molar-refractivity contribution is 0.354. The van der Waals surface area contributed by atoms with Gasteiger partial charge in [0.1, 0.15) is 0 Å². The van der Waals surface area contributed by atoms with Crippen molar-refractivity contribution in [3.8, 4) is 11.5 Å². The van der Waals surface area contributed by atoms with E-state index in [2.05, 4.69) is 24.9 Å². The SMILES string of the molecule is C=C(C)C(Cc1ccc(OC)c(OC)c1)NCC. The van der Waals surface area contributed by atoms with Gasteiger partial charge >= 0.3 is 0 Å². The molecule has 0 aliphatic carbocycles. The van der Waals surface area contributed by atoms with Gasteiger partial charge in [-0.3, -0.25) is 0 Å². The Kier molecular flexibility index (Phi) is 5.72. The van der Waals surface area contributed by atoms with Crippen LogP contribution in [0.4, 0.5) is 0 Å². The van der Waals surface area contributed by atoms with E-state index in [1.807, 2.05) is 19.1 Å². The molecule has 1 rings (SSSR count). The van der Waals surface area contributed by atoms with Gasteiger partial charge in [-0.2, -0.15) is 0 Å². The zero-order chi connectivity index (χ0) is 13.5. The number of nitrogens with one attached hydrogen (secondary N) is 1. The number of benzene rings is 1. The molecule has 0 aliphatic rings. The molecule has 0 heterocycles. The first-order valence-electron chi connectivity index (χ1n) is 6.22. The Hall–Kier alpha value is -1.48. The number of likely N-dealkylation sites (N-methyl/N-ethyl adjacent to an activating group) is 1. The van der Waals surface area contributed by atoms with Crippen LogP contribution in [-0.4, -0.2) is 26.8 Å². The summed E-state index contributed by atoms with van der Waals surface area (Å²) < 4.78 is 10.5. The van der Waals surface area contributed by atoms with Crippen molar-refractivity contribution in [3.63, 3.8) is 0 Å². The molecule has 18 heavy (non-hydrogen) atoms. The minimum Gasteiger partial charge on any atom is -0.493 e. The molecule has 0 amide bonds. The van der Waals surface area contributed by atoms with Crippen LogP contribution >= 0.6 is 0 Å². The highest BCUT2D eigenvalue weighted by atomic mass is 16.5. The van der Waals surface area contributed by atoms with E-state index in [4.69, 9.17) is 9.47 Å². The molecule has 100 valence electrons. The van der Waals surface area contributed by atoms with Gasteiger partial charge in [-0.05, 0) is 37.6 Å². The Morgan fingerprint density at radius 3 is 2.44 bits per heavy atom. The van der Waals surface area contributed by atoms with Crippen molar-refractivity contribution < 1.29 is 9.47 Å². The maximum atomic E-state index is 5.31. The fourth-order valence-electron chi connectivity index (χ4n) is 1.91. The molecule has 1 unspecified atom stereocenters. The largest absolute Gasteiger partial charge is 0.493 e. The molecular weight excluding hydrogens is 226 g/mol. The molecule has 3 heteroatoms. The predicted octanol–water partition coefficient (Wildman–Crippen LogP) is 2.80. The van der Waals surface area contributed by atoms with Crippen molar-refractivity contribution in [1.82, 2.24) is 5.32 Å². The van der Waals surface area contributed by atoms with Gasteiger partial charge in [0, 0.05) is 6.04 Å². The zero-order valence-electron chi connectivity index (χ0n) is 11.7. The number of hydrogen-bond acceptors (Lipinski definition) is 3. The second kappa shape index (κ2) is 7.07. The lowest BCUT2D eigenvalue weighted by atomic mass is 10.0. The van der Waals surface area contributed by atoms with Crippen LogP contribution in [0.1, 0.15) is 19.4 Å². The minimum absolute atomic E-state index is 0.299. The Bertz CT molecular complexity index is 401. The molecule has 1 aromatic rings. The minimum atomic E-state index is 0.299. The molecule has 0 spiro atoms. The summed E-state index contributed by atoms with van der Waals surface area (Å²) in [6.45, 7) is 9.11. The van der Waals surface area contributed by atoms with Gasteiger partial charge in [-0.1, -0.05) is 25.1 Å². The molecule has 1 aromatic carbocycles. The molecule has 3 nitrogen and oxygen atoms in total. The molecular formula is C15H23NO2. The van der Waals surface area contributed by atoms with Crippen LogP contribution in [0.5, 0.6) is 11.5 Å². The van der Waals surface area contributed by atoms with Crippen molar-refractivity contribution in [2.45, 2.75) is 26.3 Å². The third kappa shape index (κ3) is 3.77. The average molecular weight is 249 g/mol. The highest BCUT2D eigenvalue weighted by Crippen LogP contribution is 2.28. The first kappa shape index (κ1) is 14.6. The van der Waals surface area contributed by atoms with Crippen LogP contribution in [-0.2, 0) is 6.42 Å². The third-order valence-corrected chi connectivity index (χ3v) is 2.93. The van der Waals surface area contributed by atoms with Crippen molar-refractivity contribution in [2.75, 3.05) is 20.8 Å². The standard InChI is InChI=1S/C15H23NO2/c1-6-16-13(11(2)3)9-12-7-8-14(17-4)15(10-12)18-5/h7-8,10,13,16H,2,6,9H2,1,3-5H3. The van der Waals surface area contributed by atoms with Crippen LogP contribution < -0.4 is 14.8 Å². The predicted molar refractivity (Wildman–Crippen MR) is 75.5 cm³/mol. The number of ether oxygens (including phenoxy) is 2. The fraction of sp³-hybridized carbons (Fsp3) is 0.467. The van der Waals surface area contributed by atoms with Gasteiger partial charge in [0.15, 0.2) is 11.5 Å². The second-order valence-corrected chi connectivity index (χ2v) is 4.35. The summed E-state index contributed by atoms with van der Waals surface area (Å²) in [4.78, 5) is 0. The van der Waals surface area contributed by atoms with Crippen molar-refractivity contribution in [3.05, 3.63) is 35.9 Å². The second-order valence-electron chi connectivity index (χ2n) is 4.35. The number of rotatable bonds is 7. The average Bonchev–Trinajstić information content (AvgIpc) is 2.37. The van der Waals surface area contributed by atoms with Gasteiger partial charge in [0.2, 0.25) is 0 Å². The Balaban J connectivity index is 2.86. The van der Waals surface area contributed by atoms with Crippen molar-refractivity contribution in [2.24, 2.45) is 0 Å². The van der Waals surface area contributed by atoms with Gasteiger partial charge in [-0.25, -0.2) is 0 Å². The molecule has 0 aliphatic heterocycles. The van der Waals surface area contributed by atoms with Crippen molar-refractivity contribution >= 4 is 0 Å². The van der Waals surface area contributed by atoms with Gasteiger partial charge < -0.3 is 14.8 Å². The molecule has 0 fully saturated rings. The fourth-order valence-corrected chi connectivity index (χ4v) is 1.91. The first-order valence-corrected chi connectivity index (χ1v) is 6.22. The smallest absolute Gasteiger partial charge is 0.160 e. The lowest BCUT2D eigenvalue weighted by Crippen LogP contribution is -2.31. The Labute approximate surface area is 110 Å². The summed E-state index contributed by atoms with van der Waals surface area (Å²) in [6, 6.07) is 6.32. The molecule has 0 aromatic heterocycles. The third-order valence-electron chi connectivity index (χ3n) is 2.93. The van der Waals surface area contributed by atoms with Crippen LogP contribution in [0.15, 0.2) is 30.4 Å². The maximum Gasteiger partial charge on any atom is 0.160 e. The first-order chi connectivity index (χ1) is 8.62.